The van der Waals surface area contributed by atoms with Crippen LogP contribution < -0.4 is 0 Å². The van der Waals surface area contributed by atoms with E-state index < -0.39 is 0 Å². The van der Waals surface area contributed by atoms with Crippen LogP contribution in [0.2, 0.25) is 0 Å². The van der Waals surface area contributed by atoms with E-state index in [2.05, 4.69) is 32.6 Å². The van der Waals surface area contributed by atoms with E-state index in [1.54, 1.807) is 0 Å². The lowest BCUT2D eigenvalue weighted by atomic mass is 10.1. The molecule has 0 aliphatic heterocycles. The predicted octanol–water partition coefficient (Wildman–Crippen LogP) is 3.51. The van der Waals surface area contributed by atoms with Crippen LogP contribution in [0.3, 0.4) is 0 Å². The van der Waals surface area contributed by atoms with Gasteiger partial charge in [0.15, 0.2) is 0 Å². The number of hydrogen-bond donors (Lipinski definition) is 0. The van der Waals surface area contributed by atoms with Crippen molar-refractivity contribution in [2.75, 3.05) is 0 Å². The summed E-state index contributed by atoms with van der Waals surface area (Å²) in [7, 11) is 0. The van der Waals surface area contributed by atoms with Gasteiger partial charge in [-0.25, -0.2) is 0 Å². The topological polar surface area (TPSA) is 0 Å². The van der Waals surface area contributed by atoms with E-state index in [0.29, 0.717) is 0 Å². The number of hydrogen-bond acceptors (Lipinski definition) is 0. The molecule has 0 aliphatic carbocycles. The third-order valence-electron chi connectivity index (χ3n) is 1.23. The molecule has 57 valence electrons. The molecule has 0 saturated heterocycles. The summed E-state index contributed by atoms with van der Waals surface area (Å²) >= 11 is 0. The fourth-order valence-electron chi connectivity index (χ4n) is 0.651. The first-order valence-electron chi connectivity index (χ1n) is 3.82. The number of unbranched alkanes of at least 4 members (excludes halogenated alkanes) is 1. The molecule has 0 unspecified atom stereocenters. The van der Waals surface area contributed by atoms with Gasteiger partial charge in [-0.3, -0.25) is 0 Å². The summed E-state index contributed by atoms with van der Waals surface area (Å²) in [6, 6.07) is 0. The third-order valence-corrected chi connectivity index (χ3v) is 1.23. The van der Waals surface area contributed by atoms with Crippen molar-refractivity contribution in [1.29, 1.82) is 0 Å². The Labute approximate surface area is 64.6 Å². The average molecular weight is 137 g/mol. The summed E-state index contributed by atoms with van der Waals surface area (Å²) in [5.74, 6) is 1.47. The van der Waals surface area contributed by atoms with Crippen molar-refractivity contribution in [2.24, 2.45) is 0 Å². The quantitative estimate of drug-likeness (QED) is 0.402. The van der Waals surface area contributed by atoms with Crippen LogP contribution in [-0.2, 0) is 0 Å². The number of rotatable bonds is 5. The smallest absolute Gasteiger partial charge is 0.0265 e. The lowest BCUT2D eigenvalue weighted by Crippen LogP contribution is -1.77. The summed E-state index contributed by atoms with van der Waals surface area (Å²) in [6.07, 6.45) is 9.74. The maximum absolute atomic E-state index is 3.65. The van der Waals surface area contributed by atoms with E-state index in [0.717, 1.165) is 19.3 Å². The van der Waals surface area contributed by atoms with Crippen molar-refractivity contribution < 1.29 is 0 Å². The largest absolute Gasteiger partial charge is 0.103 e. The minimum Gasteiger partial charge on any atom is -0.103 e. The summed E-state index contributed by atoms with van der Waals surface area (Å²) in [4.78, 5) is 0. The fourth-order valence-corrected chi connectivity index (χ4v) is 0.651. The normalized spacial score (nSPS) is 11.1. The molecule has 0 aromatic rings. The van der Waals surface area contributed by atoms with Crippen LogP contribution in [0.4, 0.5) is 0 Å². The molecule has 0 amide bonds. The molecule has 0 fully saturated rings. The Bertz CT molecular complexity index is 98.6. The molecular weight excluding hydrogens is 120 g/mol. The first-order valence-corrected chi connectivity index (χ1v) is 3.82. The Morgan fingerprint density at radius 2 is 1.90 bits per heavy atom. The van der Waals surface area contributed by atoms with E-state index in [-0.39, 0.29) is 0 Å². The minimum absolute atomic E-state index is 1.10. The maximum atomic E-state index is 3.65. The molecule has 0 aromatic carbocycles. The molecule has 1 radical (unpaired) electrons. The van der Waals surface area contributed by atoms with Crippen molar-refractivity contribution in [3.8, 4) is 0 Å². The zero-order valence-electron chi connectivity index (χ0n) is 7.06. The standard InChI is InChI=1S/C10H17/c1-4-5-6-7-8-9-10(2)3/h4,7-8H,1,5-6,9H2,2-3H3. The van der Waals surface area contributed by atoms with Gasteiger partial charge in [0, 0.05) is 0 Å². The Morgan fingerprint density at radius 3 is 2.40 bits per heavy atom. The van der Waals surface area contributed by atoms with Crippen LogP contribution in [0, 0.1) is 5.92 Å². The Balaban J connectivity index is 3.11. The summed E-state index contributed by atoms with van der Waals surface area (Å²) in [5.41, 5.74) is 0. The van der Waals surface area contributed by atoms with E-state index in [1.165, 1.54) is 5.92 Å². The van der Waals surface area contributed by atoms with Crippen LogP contribution in [0.25, 0.3) is 0 Å². The van der Waals surface area contributed by atoms with Gasteiger partial charge < -0.3 is 0 Å². The predicted molar refractivity (Wildman–Crippen MR) is 47.8 cm³/mol. The first-order chi connectivity index (χ1) is 4.77. The molecule has 0 bridgehead atoms. The van der Waals surface area contributed by atoms with Crippen molar-refractivity contribution in [2.45, 2.75) is 33.1 Å². The molecule has 0 aliphatic rings. The van der Waals surface area contributed by atoms with Crippen LogP contribution in [-0.4, -0.2) is 0 Å². The zero-order valence-corrected chi connectivity index (χ0v) is 7.06. The van der Waals surface area contributed by atoms with Gasteiger partial charge in [0.1, 0.15) is 0 Å². The molecule has 0 saturated carbocycles. The Kier molecular flexibility index (Phi) is 6.25. The first kappa shape index (κ1) is 9.48. The molecule has 0 spiro atoms. The SMILES string of the molecule is C=CCCC=CC[C](C)C. The van der Waals surface area contributed by atoms with E-state index >= 15 is 0 Å². The molecular formula is C10H17. The zero-order chi connectivity index (χ0) is 7.82. The number of allylic oxidation sites excluding steroid dienone is 3. The summed E-state index contributed by atoms with van der Waals surface area (Å²) in [5, 5.41) is 0. The molecule has 0 heterocycles. The van der Waals surface area contributed by atoms with Crippen LogP contribution in [0.5, 0.6) is 0 Å². The lowest BCUT2D eigenvalue weighted by Gasteiger charge is -1.94. The van der Waals surface area contributed by atoms with Crippen LogP contribution in [0.15, 0.2) is 24.8 Å². The molecule has 0 heteroatoms. The van der Waals surface area contributed by atoms with Crippen molar-refractivity contribution in [1.82, 2.24) is 0 Å². The minimum atomic E-state index is 1.10. The Hall–Kier alpha value is -0.520. The van der Waals surface area contributed by atoms with Crippen LogP contribution >= 0.6 is 0 Å². The summed E-state index contributed by atoms with van der Waals surface area (Å²) < 4.78 is 0. The van der Waals surface area contributed by atoms with Crippen molar-refractivity contribution >= 4 is 0 Å². The van der Waals surface area contributed by atoms with Crippen molar-refractivity contribution in [3.63, 3.8) is 0 Å². The molecule has 0 nitrogen and oxygen atoms in total. The van der Waals surface area contributed by atoms with Gasteiger partial charge in [0.05, 0.1) is 0 Å². The maximum Gasteiger partial charge on any atom is -0.0265 e. The van der Waals surface area contributed by atoms with Gasteiger partial charge in [0.2, 0.25) is 0 Å². The van der Waals surface area contributed by atoms with Crippen LogP contribution in [0.1, 0.15) is 33.1 Å². The van der Waals surface area contributed by atoms with E-state index in [1.807, 2.05) is 6.08 Å². The van der Waals surface area contributed by atoms with Gasteiger partial charge >= 0.3 is 0 Å². The van der Waals surface area contributed by atoms with E-state index in [9.17, 15) is 0 Å². The second kappa shape index (κ2) is 6.60. The molecule has 10 heavy (non-hydrogen) atoms. The lowest BCUT2D eigenvalue weighted by molar-refractivity contribution is 0.972. The second-order valence-electron chi connectivity index (χ2n) is 2.75. The highest BCUT2D eigenvalue weighted by Crippen LogP contribution is 2.03. The van der Waals surface area contributed by atoms with Gasteiger partial charge in [-0.2, -0.15) is 0 Å². The van der Waals surface area contributed by atoms with Gasteiger partial charge in [-0.05, 0) is 25.2 Å². The average Bonchev–Trinajstić information content (AvgIpc) is 1.87. The molecule has 0 N–H and O–H groups in total. The van der Waals surface area contributed by atoms with Crippen molar-refractivity contribution in [3.05, 3.63) is 30.7 Å². The molecule has 0 atom stereocenters. The highest BCUT2D eigenvalue weighted by atomic mass is 13.9. The monoisotopic (exact) mass is 137 g/mol. The molecule has 0 aromatic heterocycles. The van der Waals surface area contributed by atoms with Gasteiger partial charge in [0.25, 0.3) is 0 Å². The second-order valence-corrected chi connectivity index (χ2v) is 2.75. The summed E-state index contributed by atoms with van der Waals surface area (Å²) in [6.45, 7) is 7.96. The highest BCUT2D eigenvalue weighted by Gasteiger charge is 1.86. The Morgan fingerprint density at radius 1 is 1.20 bits per heavy atom. The van der Waals surface area contributed by atoms with Gasteiger partial charge in [-0.15, -0.1) is 6.58 Å². The van der Waals surface area contributed by atoms with E-state index in [4.69, 9.17) is 0 Å². The van der Waals surface area contributed by atoms with Gasteiger partial charge in [-0.1, -0.05) is 32.1 Å². The third kappa shape index (κ3) is 7.48. The fraction of sp³-hybridized carbons (Fsp3) is 0.500. The molecule has 0 rings (SSSR count). The highest BCUT2D eigenvalue weighted by molar-refractivity contribution is 4.93.